The summed E-state index contributed by atoms with van der Waals surface area (Å²) in [5.41, 5.74) is 0. The van der Waals surface area contributed by atoms with E-state index >= 15 is 0 Å². The summed E-state index contributed by atoms with van der Waals surface area (Å²) in [6.45, 7) is 4.15. The zero-order chi connectivity index (χ0) is 10.6. The van der Waals surface area contributed by atoms with Crippen LogP contribution in [0.2, 0.25) is 0 Å². The van der Waals surface area contributed by atoms with Crippen molar-refractivity contribution in [3.05, 3.63) is 11.8 Å². The van der Waals surface area contributed by atoms with Crippen molar-refractivity contribution in [3.8, 4) is 0 Å². The van der Waals surface area contributed by atoms with Gasteiger partial charge in [-0.05, 0) is 0 Å². The average Bonchev–Trinajstić information content (AvgIpc) is 2.17. The molecule has 0 atom stereocenters. The number of hydrogen-bond acceptors (Lipinski definition) is 4. The second-order valence-corrected chi connectivity index (χ2v) is 3.18. The van der Waals surface area contributed by atoms with Gasteiger partial charge in [0.05, 0.1) is 6.08 Å². The molecule has 0 aliphatic carbocycles. The molecule has 0 aromatic heterocycles. The van der Waals surface area contributed by atoms with E-state index in [-0.39, 0.29) is 5.97 Å². The molecule has 1 aliphatic rings. The summed E-state index contributed by atoms with van der Waals surface area (Å²) in [6, 6.07) is 0. The molecule has 0 N–H and O–H groups in total. The summed E-state index contributed by atoms with van der Waals surface area (Å²) >= 11 is 0. The summed E-state index contributed by atoms with van der Waals surface area (Å²) in [5, 5.41) is 0. The Morgan fingerprint density at radius 2 is 2.00 bits per heavy atom. The van der Waals surface area contributed by atoms with Crippen molar-refractivity contribution in [2.24, 2.45) is 0 Å². The second kappa shape index (κ2) is 4.46. The number of rotatable bonds is 4. The molecule has 80 valence electrons. The summed E-state index contributed by atoms with van der Waals surface area (Å²) in [5.74, 6) is -0.612. The number of carbonyl (C=O) groups is 1. The fraction of sp³-hybridized carbons (Fsp3) is 0.700. The molecule has 0 spiro atoms. The highest BCUT2D eigenvalue weighted by Gasteiger charge is 2.36. The lowest BCUT2D eigenvalue weighted by molar-refractivity contribution is -0.226. The van der Waals surface area contributed by atoms with Gasteiger partial charge in [-0.15, -0.1) is 0 Å². The van der Waals surface area contributed by atoms with E-state index in [1.807, 2.05) is 13.8 Å². The van der Waals surface area contributed by atoms with Gasteiger partial charge in [0.1, 0.15) is 12.4 Å². The number of hydrogen-bond donors (Lipinski definition) is 0. The number of cyclic esters (lactones) is 1. The predicted molar refractivity (Wildman–Crippen MR) is 50.4 cm³/mol. The fourth-order valence-electron chi connectivity index (χ4n) is 1.39. The number of esters is 1. The molecule has 0 unspecified atom stereocenters. The molecule has 1 aliphatic heterocycles. The standard InChI is InChI=1S/C10H16O4/c1-4-10(5-2)13-8(7-12-3)6-9(11)14-10/h6H,4-5,7H2,1-3H3. The molecule has 14 heavy (non-hydrogen) atoms. The first kappa shape index (κ1) is 11.0. The third-order valence-corrected chi connectivity index (χ3v) is 2.25. The van der Waals surface area contributed by atoms with Gasteiger partial charge in [-0.3, -0.25) is 0 Å². The van der Waals surface area contributed by atoms with E-state index in [9.17, 15) is 4.79 Å². The highest BCUT2D eigenvalue weighted by Crippen LogP contribution is 2.29. The van der Waals surface area contributed by atoms with Gasteiger partial charge in [0, 0.05) is 20.0 Å². The minimum Gasteiger partial charge on any atom is -0.454 e. The van der Waals surface area contributed by atoms with Gasteiger partial charge in [0.2, 0.25) is 0 Å². The van der Waals surface area contributed by atoms with Gasteiger partial charge in [0.25, 0.3) is 5.79 Å². The fourth-order valence-corrected chi connectivity index (χ4v) is 1.39. The van der Waals surface area contributed by atoms with Gasteiger partial charge < -0.3 is 14.2 Å². The Balaban J connectivity index is 2.78. The Kier molecular flexibility index (Phi) is 3.52. The first-order valence-corrected chi connectivity index (χ1v) is 4.77. The molecule has 0 aromatic carbocycles. The smallest absolute Gasteiger partial charge is 0.337 e. The Morgan fingerprint density at radius 1 is 1.36 bits per heavy atom. The highest BCUT2D eigenvalue weighted by molar-refractivity contribution is 5.83. The van der Waals surface area contributed by atoms with E-state index in [4.69, 9.17) is 14.2 Å². The molecular formula is C10H16O4. The van der Waals surface area contributed by atoms with Gasteiger partial charge in [-0.1, -0.05) is 13.8 Å². The van der Waals surface area contributed by atoms with Crippen molar-refractivity contribution < 1.29 is 19.0 Å². The van der Waals surface area contributed by atoms with Gasteiger partial charge in [-0.25, -0.2) is 4.79 Å². The van der Waals surface area contributed by atoms with E-state index in [1.165, 1.54) is 6.08 Å². The van der Waals surface area contributed by atoms with Crippen LogP contribution in [0, 0.1) is 0 Å². The van der Waals surface area contributed by atoms with Crippen LogP contribution in [0.4, 0.5) is 0 Å². The van der Waals surface area contributed by atoms with Crippen LogP contribution >= 0.6 is 0 Å². The quantitative estimate of drug-likeness (QED) is 0.647. The molecule has 4 nitrogen and oxygen atoms in total. The van der Waals surface area contributed by atoms with Crippen LogP contribution in [0.5, 0.6) is 0 Å². The summed E-state index contributed by atoms with van der Waals surface area (Å²) in [4.78, 5) is 11.2. The monoisotopic (exact) mass is 200 g/mol. The van der Waals surface area contributed by atoms with Gasteiger partial charge in [-0.2, -0.15) is 0 Å². The molecule has 0 amide bonds. The minimum atomic E-state index is -0.792. The molecule has 0 saturated heterocycles. The Labute approximate surface area is 83.8 Å². The summed E-state index contributed by atoms with van der Waals surface area (Å²) < 4.78 is 15.6. The van der Waals surface area contributed by atoms with Crippen molar-refractivity contribution in [1.29, 1.82) is 0 Å². The van der Waals surface area contributed by atoms with E-state index in [0.717, 1.165) is 0 Å². The molecule has 0 radical (unpaired) electrons. The molecule has 0 fully saturated rings. The lowest BCUT2D eigenvalue weighted by Crippen LogP contribution is -2.40. The van der Waals surface area contributed by atoms with Crippen LogP contribution in [-0.2, 0) is 19.0 Å². The Morgan fingerprint density at radius 3 is 2.50 bits per heavy atom. The average molecular weight is 200 g/mol. The lowest BCUT2D eigenvalue weighted by Gasteiger charge is -2.35. The molecule has 4 heteroatoms. The zero-order valence-electron chi connectivity index (χ0n) is 8.83. The number of ether oxygens (including phenoxy) is 3. The van der Waals surface area contributed by atoms with Crippen molar-refractivity contribution in [2.45, 2.75) is 32.5 Å². The number of methoxy groups -OCH3 is 1. The minimum absolute atomic E-state index is 0.302. The van der Waals surface area contributed by atoms with Crippen molar-refractivity contribution in [2.75, 3.05) is 13.7 Å². The van der Waals surface area contributed by atoms with Crippen LogP contribution in [0.25, 0.3) is 0 Å². The molecule has 0 saturated carbocycles. The van der Waals surface area contributed by atoms with E-state index in [2.05, 4.69) is 0 Å². The SMILES string of the molecule is CCC1(CC)OC(=O)C=C(COC)O1. The zero-order valence-corrected chi connectivity index (χ0v) is 8.83. The first-order chi connectivity index (χ1) is 6.65. The largest absolute Gasteiger partial charge is 0.454 e. The molecule has 0 aromatic rings. The predicted octanol–water partition coefficient (Wildman–Crippen LogP) is 1.61. The molecular weight excluding hydrogens is 184 g/mol. The van der Waals surface area contributed by atoms with Crippen molar-refractivity contribution in [3.63, 3.8) is 0 Å². The third-order valence-electron chi connectivity index (χ3n) is 2.25. The van der Waals surface area contributed by atoms with Crippen LogP contribution in [0.3, 0.4) is 0 Å². The summed E-state index contributed by atoms with van der Waals surface area (Å²) in [7, 11) is 1.56. The maximum Gasteiger partial charge on any atom is 0.337 e. The Hall–Kier alpha value is -1.03. The maximum absolute atomic E-state index is 11.2. The van der Waals surface area contributed by atoms with E-state index in [0.29, 0.717) is 25.2 Å². The lowest BCUT2D eigenvalue weighted by atomic mass is 10.1. The van der Waals surface area contributed by atoms with Crippen LogP contribution in [0.15, 0.2) is 11.8 Å². The van der Waals surface area contributed by atoms with Crippen LogP contribution < -0.4 is 0 Å². The van der Waals surface area contributed by atoms with Crippen molar-refractivity contribution in [1.82, 2.24) is 0 Å². The third kappa shape index (κ3) is 2.26. The summed E-state index contributed by atoms with van der Waals surface area (Å²) in [6.07, 6.45) is 2.60. The van der Waals surface area contributed by atoms with Crippen LogP contribution in [-0.4, -0.2) is 25.5 Å². The molecule has 1 rings (SSSR count). The van der Waals surface area contributed by atoms with Crippen molar-refractivity contribution >= 4 is 5.97 Å². The normalized spacial score (nSPS) is 19.6. The van der Waals surface area contributed by atoms with Gasteiger partial charge >= 0.3 is 5.97 Å². The van der Waals surface area contributed by atoms with E-state index < -0.39 is 5.79 Å². The second-order valence-electron chi connectivity index (χ2n) is 3.18. The maximum atomic E-state index is 11.2. The van der Waals surface area contributed by atoms with Crippen LogP contribution in [0.1, 0.15) is 26.7 Å². The highest BCUT2D eigenvalue weighted by atomic mass is 16.7. The molecule has 0 bridgehead atoms. The topological polar surface area (TPSA) is 44.8 Å². The molecule has 1 heterocycles. The first-order valence-electron chi connectivity index (χ1n) is 4.77. The Bertz CT molecular complexity index is 241. The van der Waals surface area contributed by atoms with Gasteiger partial charge in [0.15, 0.2) is 0 Å². The van der Waals surface area contributed by atoms with E-state index in [1.54, 1.807) is 7.11 Å². The number of carbonyl (C=O) groups excluding carboxylic acids is 1.